The van der Waals surface area contributed by atoms with Crippen LogP contribution in [0.3, 0.4) is 0 Å². The van der Waals surface area contributed by atoms with Gasteiger partial charge in [0.1, 0.15) is 0 Å². The zero-order valence-corrected chi connectivity index (χ0v) is 6.04. The Bertz CT molecular complexity index is 200. The van der Waals surface area contributed by atoms with Crippen molar-refractivity contribution in [1.82, 2.24) is 0 Å². The Morgan fingerprint density at radius 3 is 2.36 bits per heavy atom. The van der Waals surface area contributed by atoms with Crippen molar-refractivity contribution in [2.45, 2.75) is 12.8 Å². The number of nitriles is 1. The van der Waals surface area contributed by atoms with Gasteiger partial charge in [-0.3, -0.25) is 4.79 Å². The molecule has 0 unspecified atom stereocenters. The fourth-order valence-electron chi connectivity index (χ4n) is 1.09. The van der Waals surface area contributed by atoms with Gasteiger partial charge in [-0.25, -0.2) is 0 Å². The molecule has 1 rings (SSSR count). The monoisotopic (exact) mass is 155 g/mol. The number of nitrogens with zero attached hydrogens (tertiary/aromatic N) is 1. The summed E-state index contributed by atoms with van der Waals surface area (Å²) in [6.45, 7) is 0.750. The fourth-order valence-corrected chi connectivity index (χ4v) is 1.09. The highest BCUT2D eigenvalue weighted by atomic mass is 16.5. The lowest BCUT2D eigenvalue weighted by molar-refractivity contribution is -0.149. The van der Waals surface area contributed by atoms with Crippen LogP contribution in [-0.2, 0) is 9.53 Å². The van der Waals surface area contributed by atoms with Crippen molar-refractivity contribution >= 4 is 5.97 Å². The second kappa shape index (κ2) is 2.89. The highest BCUT2D eigenvalue weighted by Gasteiger charge is 2.40. The van der Waals surface area contributed by atoms with Gasteiger partial charge in [0.25, 0.3) is 0 Å². The highest BCUT2D eigenvalue weighted by molar-refractivity contribution is 5.78. The second-order valence-corrected chi connectivity index (χ2v) is 2.61. The molecule has 1 N–H and O–H groups in total. The molecule has 0 aromatic carbocycles. The maximum absolute atomic E-state index is 10.6. The molecule has 60 valence electrons. The van der Waals surface area contributed by atoms with Crippen molar-refractivity contribution in [2.75, 3.05) is 13.2 Å². The first-order chi connectivity index (χ1) is 5.21. The van der Waals surface area contributed by atoms with Crippen LogP contribution in [0, 0.1) is 16.7 Å². The van der Waals surface area contributed by atoms with Crippen LogP contribution in [0.15, 0.2) is 0 Å². The van der Waals surface area contributed by atoms with Crippen molar-refractivity contribution in [1.29, 1.82) is 5.26 Å². The molecule has 0 aromatic rings. The predicted molar refractivity (Wildman–Crippen MR) is 35.7 cm³/mol. The molecule has 0 amide bonds. The maximum Gasteiger partial charge on any atom is 0.324 e. The predicted octanol–water partition coefficient (Wildman–Crippen LogP) is 0.391. The average Bonchev–Trinajstić information content (AvgIpc) is 2.05. The third-order valence-electron chi connectivity index (χ3n) is 1.97. The van der Waals surface area contributed by atoms with E-state index in [0.717, 1.165) is 0 Å². The molecule has 4 nitrogen and oxygen atoms in total. The summed E-state index contributed by atoms with van der Waals surface area (Å²) in [6, 6.07) is 1.84. The lowest BCUT2D eigenvalue weighted by Crippen LogP contribution is -2.35. The Labute approximate surface area is 64.4 Å². The normalized spacial score (nSPS) is 22.1. The van der Waals surface area contributed by atoms with Gasteiger partial charge in [0, 0.05) is 26.1 Å². The molecule has 0 atom stereocenters. The van der Waals surface area contributed by atoms with E-state index < -0.39 is 11.4 Å². The summed E-state index contributed by atoms with van der Waals surface area (Å²) >= 11 is 0. The molecule has 4 heteroatoms. The minimum atomic E-state index is -1.18. The van der Waals surface area contributed by atoms with Gasteiger partial charge in [-0.2, -0.15) is 5.26 Å². The smallest absolute Gasteiger partial charge is 0.324 e. The van der Waals surface area contributed by atoms with Gasteiger partial charge in [-0.1, -0.05) is 0 Å². The van der Waals surface area contributed by atoms with E-state index in [1.165, 1.54) is 0 Å². The number of hydrogen-bond acceptors (Lipinski definition) is 3. The Balaban J connectivity index is 2.75. The quantitative estimate of drug-likeness (QED) is 0.594. The first kappa shape index (κ1) is 8.02. The lowest BCUT2D eigenvalue weighted by atomic mass is 9.82. The second-order valence-electron chi connectivity index (χ2n) is 2.61. The lowest BCUT2D eigenvalue weighted by Gasteiger charge is -2.25. The summed E-state index contributed by atoms with van der Waals surface area (Å²) in [4.78, 5) is 10.6. The molecule has 1 saturated heterocycles. The molecule has 1 aliphatic heterocycles. The minimum Gasteiger partial charge on any atom is -0.480 e. The average molecular weight is 155 g/mol. The molecule has 1 heterocycles. The van der Waals surface area contributed by atoms with Crippen LogP contribution in [0.25, 0.3) is 0 Å². The van der Waals surface area contributed by atoms with Gasteiger partial charge < -0.3 is 9.84 Å². The van der Waals surface area contributed by atoms with Gasteiger partial charge in [0.2, 0.25) is 0 Å². The van der Waals surface area contributed by atoms with Crippen molar-refractivity contribution < 1.29 is 14.6 Å². The molecule has 0 bridgehead atoms. The number of hydrogen-bond donors (Lipinski definition) is 1. The first-order valence-corrected chi connectivity index (χ1v) is 3.44. The number of aliphatic carboxylic acids is 1. The summed E-state index contributed by atoms with van der Waals surface area (Å²) in [5, 5.41) is 17.3. The Hall–Kier alpha value is -1.08. The Morgan fingerprint density at radius 1 is 1.55 bits per heavy atom. The van der Waals surface area contributed by atoms with Crippen molar-refractivity contribution in [3.63, 3.8) is 0 Å². The maximum atomic E-state index is 10.6. The van der Waals surface area contributed by atoms with Gasteiger partial charge in [-0.15, -0.1) is 0 Å². The van der Waals surface area contributed by atoms with Crippen molar-refractivity contribution in [3.8, 4) is 6.07 Å². The third-order valence-corrected chi connectivity index (χ3v) is 1.97. The zero-order valence-electron chi connectivity index (χ0n) is 6.04. The van der Waals surface area contributed by atoms with E-state index in [1.807, 2.05) is 6.07 Å². The summed E-state index contributed by atoms with van der Waals surface area (Å²) < 4.78 is 4.96. The van der Waals surface area contributed by atoms with E-state index in [4.69, 9.17) is 15.1 Å². The van der Waals surface area contributed by atoms with E-state index in [2.05, 4.69) is 0 Å². The standard InChI is InChI=1S/C7H9NO3/c8-5-7(6(9)10)1-3-11-4-2-7/h1-4H2,(H,9,10). The number of carbonyl (C=O) groups is 1. The minimum absolute atomic E-state index is 0.304. The van der Waals surface area contributed by atoms with Crippen molar-refractivity contribution in [3.05, 3.63) is 0 Å². The molecular formula is C7H9NO3. The molecule has 0 aromatic heterocycles. The number of carboxylic acids is 1. The third kappa shape index (κ3) is 1.33. The first-order valence-electron chi connectivity index (χ1n) is 3.44. The Morgan fingerprint density at radius 2 is 2.09 bits per heavy atom. The number of ether oxygens (including phenoxy) is 1. The van der Waals surface area contributed by atoms with Crippen LogP contribution in [0.5, 0.6) is 0 Å². The largest absolute Gasteiger partial charge is 0.480 e. The summed E-state index contributed by atoms with van der Waals surface area (Å²) in [7, 11) is 0. The van der Waals surface area contributed by atoms with E-state index >= 15 is 0 Å². The molecule has 0 radical (unpaired) electrons. The SMILES string of the molecule is N#CC1(C(=O)O)CCOCC1. The molecule has 1 aliphatic rings. The van der Waals surface area contributed by atoms with E-state index in [1.54, 1.807) is 0 Å². The van der Waals surface area contributed by atoms with Gasteiger partial charge in [0.05, 0.1) is 6.07 Å². The summed E-state index contributed by atoms with van der Waals surface area (Å²) in [6.07, 6.45) is 0.609. The summed E-state index contributed by atoms with van der Waals surface area (Å²) in [5.74, 6) is -1.02. The van der Waals surface area contributed by atoms with Gasteiger partial charge >= 0.3 is 5.97 Å². The zero-order chi connectivity index (χ0) is 8.32. The van der Waals surface area contributed by atoms with E-state index in [9.17, 15) is 4.79 Å². The molecule has 0 aliphatic carbocycles. The van der Waals surface area contributed by atoms with Gasteiger partial charge in [-0.05, 0) is 0 Å². The molecular weight excluding hydrogens is 146 g/mol. The fraction of sp³-hybridized carbons (Fsp3) is 0.714. The highest BCUT2D eigenvalue weighted by Crippen LogP contribution is 2.29. The number of carboxylic acid groups (broad SMARTS) is 1. The molecule has 1 fully saturated rings. The van der Waals surface area contributed by atoms with Crippen LogP contribution >= 0.6 is 0 Å². The Kier molecular flexibility index (Phi) is 2.11. The number of rotatable bonds is 1. The van der Waals surface area contributed by atoms with Crippen LogP contribution in [0.2, 0.25) is 0 Å². The summed E-state index contributed by atoms with van der Waals surface area (Å²) in [5.41, 5.74) is -1.18. The topological polar surface area (TPSA) is 70.3 Å². The van der Waals surface area contributed by atoms with E-state index in [-0.39, 0.29) is 0 Å². The molecule has 0 saturated carbocycles. The van der Waals surface area contributed by atoms with Crippen LogP contribution in [0.1, 0.15) is 12.8 Å². The molecule has 11 heavy (non-hydrogen) atoms. The van der Waals surface area contributed by atoms with Gasteiger partial charge in [0.15, 0.2) is 5.41 Å². The van der Waals surface area contributed by atoms with Crippen LogP contribution in [-0.4, -0.2) is 24.3 Å². The van der Waals surface area contributed by atoms with Crippen LogP contribution in [0.4, 0.5) is 0 Å². The molecule has 0 spiro atoms. The van der Waals surface area contributed by atoms with E-state index in [0.29, 0.717) is 26.1 Å². The van der Waals surface area contributed by atoms with Crippen LogP contribution < -0.4 is 0 Å². The van der Waals surface area contributed by atoms with Crippen molar-refractivity contribution in [2.24, 2.45) is 5.41 Å².